The second kappa shape index (κ2) is 7.62. The SMILES string of the molecule is C=CC.CC.Nc1nc2ccccc2[nH]1. The molecule has 0 amide bonds. The number of nitrogen functional groups attached to an aromatic ring is 1. The van der Waals surface area contributed by atoms with Gasteiger partial charge < -0.3 is 10.7 Å². The van der Waals surface area contributed by atoms with E-state index in [0.29, 0.717) is 5.95 Å². The van der Waals surface area contributed by atoms with E-state index in [9.17, 15) is 0 Å². The summed E-state index contributed by atoms with van der Waals surface area (Å²) in [5.41, 5.74) is 7.33. The maximum atomic E-state index is 5.42. The molecule has 3 N–H and O–H groups in total. The van der Waals surface area contributed by atoms with Crippen molar-refractivity contribution >= 4 is 17.0 Å². The van der Waals surface area contributed by atoms with Gasteiger partial charge in [-0.2, -0.15) is 0 Å². The Morgan fingerprint density at radius 2 is 1.87 bits per heavy atom. The van der Waals surface area contributed by atoms with Gasteiger partial charge in [-0.15, -0.1) is 6.58 Å². The Morgan fingerprint density at radius 1 is 1.33 bits per heavy atom. The molecule has 0 fully saturated rings. The van der Waals surface area contributed by atoms with Gasteiger partial charge in [0.1, 0.15) is 0 Å². The topological polar surface area (TPSA) is 54.7 Å². The van der Waals surface area contributed by atoms with E-state index >= 15 is 0 Å². The zero-order valence-electron chi connectivity index (χ0n) is 9.62. The summed E-state index contributed by atoms with van der Waals surface area (Å²) in [6.07, 6.45) is 1.75. The van der Waals surface area contributed by atoms with Gasteiger partial charge in [-0.1, -0.05) is 32.1 Å². The monoisotopic (exact) mass is 205 g/mol. The van der Waals surface area contributed by atoms with Gasteiger partial charge in [-0.25, -0.2) is 4.98 Å². The van der Waals surface area contributed by atoms with Gasteiger partial charge in [0.25, 0.3) is 0 Å². The summed E-state index contributed by atoms with van der Waals surface area (Å²) in [6, 6.07) is 7.74. The molecule has 1 heterocycles. The van der Waals surface area contributed by atoms with Gasteiger partial charge in [-0.3, -0.25) is 0 Å². The number of rotatable bonds is 0. The number of anilines is 1. The lowest BCUT2D eigenvalue weighted by Crippen LogP contribution is -1.84. The van der Waals surface area contributed by atoms with Crippen LogP contribution in [-0.4, -0.2) is 9.97 Å². The molecule has 0 atom stereocenters. The fourth-order valence-electron chi connectivity index (χ4n) is 0.973. The molecule has 0 bridgehead atoms. The zero-order valence-corrected chi connectivity index (χ0v) is 9.62. The van der Waals surface area contributed by atoms with E-state index in [-0.39, 0.29) is 0 Å². The minimum Gasteiger partial charge on any atom is -0.369 e. The number of benzene rings is 1. The van der Waals surface area contributed by atoms with E-state index in [1.165, 1.54) is 0 Å². The molecule has 0 aliphatic heterocycles. The first-order valence-corrected chi connectivity index (χ1v) is 5.05. The van der Waals surface area contributed by atoms with Crippen LogP contribution < -0.4 is 5.73 Å². The summed E-state index contributed by atoms with van der Waals surface area (Å²) in [5.74, 6) is 0.473. The molecular weight excluding hydrogens is 186 g/mol. The van der Waals surface area contributed by atoms with Gasteiger partial charge in [0.15, 0.2) is 5.95 Å². The van der Waals surface area contributed by atoms with E-state index in [1.54, 1.807) is 6.08 Å². The lowest BCUT2D eigenvalue weighted by Gasteiger charge is -1.81. The minimum absolute atomic E-state index is 0.473. The van der Waals surface area contributed by atoms with Crippen LogP contribution in [0.4, 0.5) is 5.95 Å². The number of nitrogens with zero attached hydrogens (tertiary/aromatic N) is 1. The molecule has 15 heavy (non-hydrogen) atoms. The molecule has 0 aliphatic carbocycles. The number of aromatic amines is 1. The Bertz CT molecular complexity index is 357. The third-order valence-corrected chi connectivity index (χ3v) is 1.41. The maximum absolute atomic E-state index is 5.42. The first-order chi connectivity index (χ1) is 7.27. The third-order valence-electron chi connectivity index (χ3n) is 1.41. The summed E-state index contributed by atoms with van der Waals surface area (Å²) in [6.45, 7) is 9.25. The Kier molecular flexibility index (Phi) is 6.72. The molecule has 0 saturated heterocycles. The summed E-state index contributed by atoms with van der Waals surface area (Å²) in [7, 11) is 0. The van der Waals surface area contributed by atoms with Gasteiger partial charge in [-0.05, 0) is 19.1 Å². The molecule has 1 aromatic carbocycles. The Labute approximate surface area is 91.0 Å². The average Bonchev–Trinajstić information content (AvgIpc) is 2.62. The van der Waals surface area contributed by atoms with Crippen molar-refractivity contribution in [2.75, 3.05) is 5.73 Å². The van der Waals surface area contributed by atoms with Crippen LogP contribution in [-0.2, 0) is 0 Å². The van der Waals surface area contributed by atoms with Crippen LogP contribution in [0.2, 0.25) is 0 Å². The minimum atomic E-state index is 0.473. The zero-order chi connectivity index (χ0) is 11.7. The van der Waals surface area contributed by atoms with Gasteiger partial charge >= 0.3 is 0 Å². The molecule has 3 nitrogen and oxygen atoms in total. The van der Waals surface area contributed by atoms with Crippen LogP contribution in [0, 0.1) is 0 Å². The summed E-state index contributed by atoms with van der Waals surface area (Å²) >= 11 is 0. The van der Waals surface area contributed by atoms with Crippen molar-refractivity contribution in [2.45, 2.75) is 20.8 Å². The van der Waals surface area contributed by atoms with Crippen molar-refractivity contribution in [2.24, 2.45) is 0 Å². The predicted molar refractivity (Wildman–Crippen MR) is 67.7 cm³/mol. The standard InChI is InChI=1S/C7H7N3.C3H6.C2H6/c8-7-9-5-3-1-2-4-6(5)10-7;1-3-2;1-2/h1-4H,(H3,8,9,10);3H,1H2,2H3;1-2H3. The number of hydrogen-bond donors (Lipinski definition) is 2. The van der Waals surface area contributed by atoms with Crippen molar-refractivity contribution in [1.29, 1.82) is 0 Å². The summed E-state index contributed by atoms with van der Waals surface area (Å²) in [4.78, 5) is 6.96. The number of imidazole rings is 1. The smallest absolute Gasteiger partial charge is 0.198 e. The van der Waals surface area contributed by atoms with Gasteiger partial charge in [0.2, 0.25) is 0 Å². The third kappa shape index (κ3) is 4.31. The first kappa shape index (κ1) is 13.2. The average molecular weight is 205 g/mol. The van der Waals surface area contributed by atoms with Crippen molar-refractivity contribution in [3.8, 4) is 0 Å². The molecule has 1 aromatic heterocycles. The Hall–Kier alpha value is -1.77. The fourth-order valence-corrected chi connectivity index (χ4v) is 0.973. The Balaban J connectivity index is 0.000000342. The van der Waals surface area contributed by atoms with Crippen LogP contribution >= 0.6 is 0 Å². The van der Waals surface area contributed by atoms with Crippen LogP contribution in [0.15, 0.2) is 36.9 Å². The highest BCUT2D eigenvalue weighted by Crippen LogP contribution is 2.10. The van der Waals surface area contributed by atoms with Crippen molar-refractivity contribution in [3.63, 3.8) is 0 Å². The molecule has 2 aromatic rings. The van der Waals surface area contributed by atoms with Crippen LogP contribution in [0.3, 0.4) is 0 Å². The largest absolute Gasteiger partial charge is 0.369 e. The molecule has 0 unspecified atom stereocenters. The maximum Gasteiger partial charge on any atom is 0.198 e. The van der Waals surface area contributed by atoms with Crippen molar-refractivity contribution in [3.05, 3.63) is 36.9 Å². The fraction of sp³-hybridized carbons (Fsp3) is 0.250. The number of fused-ring (bicyclic) bond motifs is 1. The molecule has 3 heteroatoms. The second-order valence-corrected chi connectivity index (χ2v) is 2.55. The number of allylic oxidation sites excluding steroid dienone is 1. The van der Waals surface area contributed by atoms with E-state index in [0.717, 1.165) is 11.0 Å². The van der Waals surface area contributed by atoms with E-state index < -0.39 is 0 Å². The van der Waals surface area contributed by atoms with E-state index in [1.807, 2.05) is 45.0 Å². The van der Waals surface area contributed by atoms with Crippen molar-refractivity contribution in [1.82, 2.24) is 9.97 Å². The molecule has 0 aliphatic rings. The number of hydrogen-bond acceptors (Lipinski definition) is 2. The highest BCUT2D eigenvalue weighted by Gasteiger charge is 1.94. The molecule has 82 valence electrons. The first-order valence-electron chi connectivity index (χ1n) is 5.05. The molecular formula is C12H19N3. The van der Waals surface area contributed by atoms with Gasteiger partial charge in [0, 0.05) is 0 Å². The second-order valence-electron chi connectivity index (χ2n) is 2.55. The molecule has 0 spiro atoms. The quantitative estimate of drug-likeness (QED) is 0.648. The van der Waals surface area contributed by atoms with E-state index in [2.05, 4.69) is 16.5 Å². The molecule has 0 saturated carbocycles. The Morgan fingerprint density at radius 3 is 2.40 bits per heavy atom. The van der Waals surface area contributed by atoms with E-state index in [4.69, 9.17) is 5.73 Å². The van der Waals surface area contributed by atoms with Gasteiger partial charge in [0.05, 0.1) is 11.0 Å². The van der Waals surface area contributed by atoms with Crippen LogP contribution in [0.5, 0.6) is 0 Å². The number of nitrogens with two attached hydrogens (primary N) is 1. The molecule has 0 radical (unpaired) electrons. The van der Waals surface area contributed by atoms with Crippen LogP contribution in [0.1, 0.15) is 20.8 Å². The lowest BCUT2D eigenvalue weighted by atomic mass is 10.3. The highest BCUT2D eigenvalue weighted by atomic mass is 15.0. The number of aromatic nitrogens is 2. The normalized spacial score (nSPS) is 8.20. The summed E-state index contributed by atoms with van der Waals surface area (Å²) < 4.78 is 0. The lowest BCUT2D eigenvalue weighted by molar-refractivity contribution is 1.35. The van der Waals surface area contributed by atoms with Crippen LogP contribution in [0.25, 0.3) is 11.0 Å². The summed E-state index contributed by atoms with van der Waals surface area (Å²) in [5, 5.41) is 0. The number of para-hydroxylation sites is 2. The number of nitrogens with one attached hydrogen (secondary N) is 1. The predicted octanol–water partition coefficient (Wildman–Crippen LogP) is 3.36. The van der Waals surface area contributed by atoms with Crippen molar-refractivity contribution < 1.29 is 0 Å². The molecule has 2 rings (SSSR count). The number of H-pyrrole nitrogens is 1. The highest BCUT2D eigenvalue weighted by molar-refractivity contribution is 5.76.